The van der Waals surface area contributed by atoms with E-state index in [1.807, 2.05) is 22.4 Å². The first-order valence-corrected chi connectivity index (χ1v) is 8.35. The fraction of sp³-hybridized carbons (Fsp3) is 0.312. The Labute approximate surface area is 137 Å². The number of hydrogen-bond donors (Lipinski definition) is 1. The van der Waals surface area contributed by atoms with Crippen molar-refractivity contribution in [2.45, 2.75) is 25.4 Å². The number of thiophene rings is 1. The molecule has 120 valence electrons. The highest BCUT2D eigenvalue weighted by atomic mass is 32.1. The fourth-order valence-electron chi connectivity index (χ4n) is 2.90. The summed E-state index contributed by atoms with van der Waals surface area (Å²) in [5, 5.41) is 15.8. The van der Waals surface area contributed by atoms with Gasteiger partial charge in [-0.15, -0.1) is 11.3 Å². The monoisotopic (exact) mass is 331 g/mol. The maximum absolute atomic E-state index is 12.5. The van der Waals surface area contributed by atoms with Crippen molar-refractivity contribution >= 4 is 23.1 Å². The largest absolute Gasteiger partial charge is 0.334 e. The highest BCUT2D eigenvalue weighted by Gasteiger charge is 2.30. The van der Waals surface area contributed by atoms with E-state index in [4.69, 9.17) is 0 Å². The predicted molar refractivity (Wildman–Crippen MR) is 88.3 cm³/mol. The van der Waals surface area contributed by atoms with Gasteiger partial charge in [-0.2, -0.15) is 0 Å². The van der Waals surface area contributed by atoms with Crippen LogP contribution in [0.2, 0.25) is 0 Å². The van der Waals surface area contributed by atoms with E-state index in [2.05, 4.69) is 5.32 Å². The van der Waals surface area contributed by atoms with E-state index in [0.717, 1.165) is 12.8 Å². The zero-order valence-corrected chi connectivity index (χ0v) is 13.3. The molecule has 23 heavy (non-hydrogen) atoms. The van der Waals surface area contributed by atoms with Crippen molar-refractivity contribution in [2.24, 2.45) is 0 Å². The van der Waals surface area contributed by atoms with Gasteiger partial charge < -0.3 is 10.2 Å². The van der Waals surface area contributed by atoms with Gasteiger partial charge in [-0.3, -0.25) is 10.1 Å². The lowest BCUT2D eigenvalue weighted by Crippen LogP contribution is -2.39. The summed E-state index contributed by atoms with van der Waals surface area (Å²) in [6, 6.07) is 10.4. The summed E-state index contributed by atoms with van der Waals surface area (Å²) in [7, 11) is 0. The summed E-state index contributed by atoms with van der Waals surface area (Å²) in [6.45, 7) is 0.870. The van der Waals surface area contributed by atoms with E-state index < -0.39 is 4.92 Å². The second-order valence-corrected chi connectivity index (χ2v) is 6.39. The number of nitro benzene ring substituents is 1. The van der Waals surface area contributed by atoms with E-state index in [1.54, 1.807) is 29.5 Å². The summed E-state index contributed by atoms with van der Waals surface area (Å²) in [5.41, 5.74) is 0.543. The quantitative estimate of drug-likeness (QED) is 0.685. The lowest BCUT2D eigenvalue weighted by Gasteiger charge is -2.24. The Kier molecular flexibility index (Phi) is 4.57. The van der Waals surface area contributed by atoms with Crippen LogP contribution >= 0.6 is 11.3 Å². The van der Waals surface area contributed by atoms with Crippen LogP contribution in [0.5, 0.6) is 0 Å². The molecular formula is C16H17N3O3S. The number of hydrogen-bond acceptors (Lipinski definition) is 4. The number of likely N-dealkylation sites (tertiary alicyclic amines) is 1. The van der Waals surface area contributed by atoms with Crippen LogP contribution in [-0.4, -0.2) is 22.4 Å². The SMILES string of the molecule is O=C(NCc1ccccc1[N+](=O)[O-])N1CCC[C@@H]1c1cccs1. The Balaban J connectivity index is 1.67. The molecule has 1 saturated heterocycles. The third-order valence-electron chi connectivity index (χ3n) is 4.00. The summed E-state index contributed by atoms with van der Waals surface area (Å²) in [6.07, 6.45) is 1.93. The Hall–Kier alpha value is -2.41. The number of carbonyl (C=O) groups excluding carboxylic acids is 1. The predicted octanol–water partition coefficient (Wildman–Crippen LogP) is 3.70. The lowest BCUT2D eigenvalue weighted by atomic mass is 10.2. The van der Waals surface area contributed by atoms with E-state index in [-0.39, 0.29) is 24.3 Å². The van der Waals surface area contributed by atoms with Crippen molar-refractivity contribution in [3.8, 4) is 0 Å². The highest BCUT2D eigenvalue weighted by Crippen LogP contribution is 2.34. The second kappa shape index (κ2) is 6.78. The topological polar surface area (TPSA) is 75.5 Å². The molecule has 1 aromatic carbocycles. The zero-order valence-electron chi connectivity index (χ0n) is 12.5. The molecule has 7 heteroatoms. The number of nitrogens with zero attached hydrogens (tertiary/aromatic N) is 2. The number of urea groups is 1. The number of nitro groups is 1. The molecule has 0 radical (unpaired) electrons. The van der Waals surface area contributed by atoms with Gasteiger partial charge in [-0.1, -0.05) is 24.3 Å². The maximum Gasteiger partial charge on any atom is 0.318 e. The first kappa shape index (κ1) is 15.5. The molecule has 2 amide bonds. The number of para-hydroxylation sites is 1. The lowest BCUT2D eigenvalue weighted by molar-refractivity contribution is -0.385. The van der Waals surface area contributed by atoms with Crippen LogP contribution in [0.25, 0.3) is 0 Å². The molecule has 1 atom stereocenters. The molecule has 0 bridgehead atoms. The molecule has 0 unspecified atom stereocenters. The summed E-state index contributed by atoms with van der Waals surface area (Å²) in [5.74, 6) is 0. The molecule has 0 saturated carbocycles. The van der Waals surface area contributed by atoms with Gasteiger partial charge in [-0.05, 0) is 24.3 Å². The van der Waals surface area contributed by atoms with Crippen molar-refractivity contribution in [2.75, 3.05) is 6.54 Å². The average molecular weight is 331 g/mol. The molecule has 2 heterocycles. The minimum Gasteiger partial charge on any atom is -0.334 e. The first-order chi connectivity index (χ1) is 11.2. The molecule has 1 aliphatic rings. The van der Waals surface area contributed by atoms with Gasteiger partial charge in [0.15, 0.2) is 0 Å². The number of rotatable bonds is 4. The molecule has 6 nitrogen and oxygen atoms in total. The van der Waals surface area contributed by atoms with Crippen molar-refractivity contribution in [1.82, 2.24) is 10.2 Å². The van der Waals surface area contributed by atoms with Crippen molar-refractivity contribution in [3.63, 3.8) is 0 Å². The third-order valence-corrected chi connectivity index (χ3v) is 4.98. The maximum atomic E-state index is 12.5. The zero-order chi connectivity index (χ0) is 16.2. The van der Waals surface area contributed by atoms with Crippen LogP contribution < -0.4 is 5.32 Å². The van der Waals surface area contributed by atoms with Crippen molar-refractivity contribution in [1.29, 1.82) is 0 Å². The van der Waals surface area contributed by atoms with Gasteiger partial charge in [0.25, 0.3) is 5.69 Å². The third kappa shape index (κ3) is 3.34. The van der Waals surface area contributed by atoms with Crippen LogP contribution in [0, 0.1) is 10.1 Å². The van der Waals surface area contributed by atoms with Crippen molar-refractivity contribution in [3.05, 3.63) is 62.3 Å². The van der Waals surface area contributed by atoms with Crippen molar-refractivity contribution < 1.29 is 9.72 Å². The van der Waals surface area contributed by atoms with Gasteiger partial charge in [0.1, 0.15) is 0 Å². The van der Waals surface area contributed by atoms with E-state index in [9.17, 15) is 14.9 Å². The first-order valence-electron chi connectivity index (χ1n) is 7.47. The van der Waals surface area contributed by atoms with E-state index in [1.165, 1.54) is 10.9 Å². The number of carbonyl (C=O) groups is 1. The van der Waals surface area contributed by atoms with Crippen LogP contribution in [-0.2, 0) is 6.54 Å². The smallest absolute Gasteiger partial charge is 0.318 e. The minimum absolute atomic E-state index is 0.0315. The van der Waals surface area contributed by atoms with E-state index in [0.29, 0.717) is 12.1 Å². The number of amides is 2. The Morgan fingerprint density at radius 3 is 2.91 bits per heavy atom. The molecule has 1 fully saturated rings. The van der Waals surface area contributed by atoms with E-state index >= 15 is 0 Å². The Morgan fingerprint density at radius 2 is 2.17 bits per heavy atom. The fourth-order valence-corrected chi connectivity index (χ4v) is 3.77. The molecule has 1 aromatic heterocycles. The number of benzene rings is 1. The molecule has 0 aliphatic carbocycles. The molecular weight excluding hydrogens is 314 g/mol. The van der Waals surface area contributed by atoms with Gasteiger partial charge in [0.05, 0.1) is 17.5 Å². The van der Waals surface area contributed by atoms with Gasteiger partial charge in [-0.25, -0.2) is 4.79 Å². The molecule has 2 aromatic rings. The van der Waals surface area contributed by atoms with Crippen LogP contribution in [0.1, 0.15) is 29.3 Å². The van der Waals surface area contributed by atoms with Crippen LogP contribution in [0.15, 0.2) is 41.8 Å². The minimum atomic E-state index is -0.425. The normalized spacial score (nSPS) is 17.2. The molecule has 1 aliphatic heterocycles. The molecule has 3 rings (SSSR count). The Morgan fingerprint density at radius 1 is 1.35 bits per heavy atom. The second-order valence-electron chi connectivity index (χ2n) is 5.41. The average Bonchev–Trinajstić information content (AvgIpc) is 3.23. The number of nitrogens with one attached hydrogen (secondary N) is 1. The highest BCUT2D eigenvalue weighted by molar-refractivity contribution is 7.10. The Bertz CT molecular complexity index is 702. The van der Waals surface area contributed by atoms with Gasteiger partial charge in [0.2, 0.25) is 0 Å². The molecule has 1 N–H and O–H groups in total. The molecule has 0 spiro atoms. The summed E-state index contributed by atoms with van der Waals surface area (Å²) in [4.78, 5) is 26.0. The summed E-state index contributed by atoms with van der Waals surface area (Å²) < 4.78 is 0. The standard InChI is InChI=1S/C16H17N3O3S/c20-16(17-11-12-5-1-2-6-13(12)19(21)22)18-9-3-7-14(18)15-8-4-10-23-15/h1-2,4-6,8,10,14H,3,7,9,11H2,(H,17,20)/t14-/m1/s1. The van der Waals surface area contributed by atoms with Gasteiger partial charge >= 0.3 is 6.03 Å². The van der Waals surface area contributed by atoms with Gasteiger partial charge in [0, 0.05) is 23.1 Å². The summed E-state index contributed by atoms with van der Waals surface area (Å²) >= 11 is 1.65. The van der Waals surface area contributed by atoms with Crippen LogP contribution in [0.4, 0.5) is 10.5 Å². The van der Waals surface area contributed by atoms with Crippen LogP contribution in [0.3, 0.4) is 0 Å².